The van der Waals surface area contributed by atoms with Crippen molar-refractivity contribution in [2.24, 2.45) is 11.3 Å². The molecule has 0 radical (unpaired) electrons. The lowest BCUT2D eigenvalue weighted by Gasteiger charge is -2.37. The number of rotatable bonds is 3. The van der Waals surface area contributed by atoms with E-state index in [0.29, 0.717) is 10.5 Å². The molecule has 0 unspecified atom stereocenters. The number of carbonyl (C=O) groups is 1. The van der Waals surface area contributed by atoms with Gasteiger partial charge in [0.1, 0.15) is 0 Å². The number of fused-ring (bicyclic) bond motifs is 1. The van der Waals surface area contributed by atoms with E-state index in [-0.39, 0.29) is 11.3 Å². The van der Waals surface area contributed by atoms with Crippen LogP contribution in [-0.2, 0) is 4.79 Å². The van der Waals surface area contributed by atoms with E-state index in [0.717, 1.165) is 25.2 Å². The molecule has 3 aliphatic rings. The number of hydrogen-bond acceptors (Lipinski definition) is 4. The van der Waals surface area contributed by atoms with E-state index in [2.05, 4.69) is 28.8 Å². The lowest BCUT2D eigenvalue weighted by Crippen LogP contribution is -2.44. The molecule has 1 amide bonds. The number of thioether (sulfide) groups is 2. The minimum atomic E-state index is -0.175. The number of hydrogen-bond donors (Lipinski definition) is 2. The first kappa shape index (κ1) is 15.9. The van der Waals surface area contributed by atoms with Gasteiger partial charge >= 0.3 is 0 Å². The molecule has 2 atom stereocenters. The van der Waals surface area contributed by atoms with Crippen molar-refractivity contribution in [3.63, 3.8) is 0 Å². The topological polar surface area (TPSA) is 41.1 Å². The first-order chi connectivity index (χ1) is 11.3. The van der Waals surface area contributed by atoms with Gasteiger partial charge in [-0.2, -0.15) is 0 Å². The highest BCUT2D eigenvalue weighted by atomic mass is 32.2. The maximum absolute atomic E-state index is 13.0. The fourth-order valence-electron chi connectivity index (χ4n) is 4.26. The van der Waals surface area contributed by atoms with Crippen molar-refractivity contribution in [3.05, 3.63) is 29.8 Å². The first-order valence-electron chi connectivity index (χ1n) is 8.63. The van der Waals surface area contributed by atoms with Gasteiger partial charge in [0, 0.05) is 23.7 Å². The highest BCUT2D eigenvalue weighted by Crippen LogP contribution is 2.46. The summed E-state index contributed by atoms with van der Waals surface area (Å²) < 4.78 is 0.528. The largest absolute Gasteiger partial charge is 0.326 e. The standard InChI is InChI=1S/C18H24N2OS2/c21-17(18-7-2-1-5-14(18)11-19-12-18)20-15-6-3-4-13(10-15)16-22-8-9-23-16/h3-4,6,10,14,16,19H,1-2,5,7-9,11-12H2,(H,20,21)/t14-,18+/m0/s1. The molecule has 0 bridgehead atoms. The maximum atomic E-state index is 13.0. The van der Waals surface area contributed by atoms with Crippen molar-refractivity contribution < 1.29 is 4.79 Å². The summed E-state index contributed by atoms with van der Waals surface area (Å²) in [5.41, 5.74) is 2.12. The Morgan fingerprint density at radius 3 is 3.00 bits per heavy atom. The summed E-state index contributed by atoms with van der Waals surface area (Å²) in [7, 11) is 0. The molecule has 0 aromatic heterocycles. The SMILES string of the molecule is O=C(Nc1cccc(C2SCCS2)c1)[C@@]12CCCC[C@H]1CNC2. The number of benzene rings is 1. The van der Waals surface area contributed by atoms with Crippen LogP contribution in [0.15, 0.2) is 24.3 Å². The monoisotopic (exact) mass is 348 g/mol. The molecule has 1 aromatic rings. The van der Waals surface area contributed by atoms with Crippen LogP contribution in [-0.4, -0.2) is 30.5 Å². The molecule has 1 aliphatic carbocycles. The van der Waals surface area contributed by atoms with E-state index >= 15 is 0 Å². The molecule has 0 spiro atoms. The predicted octanol–water partition coefficient (Wildman–Crippen LogP) is 3.88. The summed E-state index contributed by atoms with van der Waals surface area (Å²) in [5, 5.41) is 6.70. The van der Waals surface area contributed by atoms with Crippen molar-refractivity contribution >= 4 is 35.1 Å². The summed E-state index contributed by atoms with van der Waals surface area (Å²) in [4.78, 5) is 13.0. The van der Waals surface area contributed by atoms with Crippen LogP contribution in [0.2, 0.25) is 0 Å². The third-order valence-electron chi connectivity index (χ3n) is 5.53. The Kier molecular flexibility index (Phi) is 4.61. The molecule has 3 fully saturated rings. The Morgan fingerprint density at radius 1 is 1.26 bits per heavy atom. The Bertz CT molecular complexity index is 588. The molecule has 2 N–H and O–H groups in total. The first-order valence-corrected chi connectivity index (χ1v) is 10.7. The molecule has 124 valence electrons. The van der Waals surface area contributed by atoms with Gasteiger partial charge in [-0.25, -0.2) is 0 Å². The molecule has 4 rings (SSSR count). The van der Waals surface area contributed by atoms with Gasteiger partial charge in [-0.05, 0) is 43.0 Å². The van der Waals surface area contributed by atoms with Crippen LogP contribution < -0.4 is 10.6 Å². The zero-order chi connectivity index (χ0) is 15.7. The number of nitrogens with one attached hydrogen (secondary N) is 2. The van der Waals surface area contributed by atoms with Crippen LogP contribution in [0.25, 0.3) is 0 Å². The van der Waals surface area contributed by atoms with Gasteiger partial charge in [-0.1, -0.05) is 25.0 Å². The molecule has 5 heteroatoms. The van der Waals surface area contributed by atoms with E-state index < -0.39 is 0 Å². The molecular formula is C18H24N2OS2. The summed E-state index contributed by atoms with van der Waals surface area (Å²) in [6.45, 7) is 1.85. The third-order valence-corrected chi connectivity index (χ3v) is 8.63. The van der Waals surface area contributed by atoms with Gasteiger partial charge in [-0.3, -0.25) is 4.79 Å². The number of amides is 1. The maximum Gasteiger partial charge on any atom is 0.232 e. The van der Waals surface area contributed by atoms with Gasteiger partial charge in [0.15, 0.2) is 0 Å². The summed E-state index contributed by atoms with van der Waals surface area (Å²) in [5.74, 6) is 3.20. The molecule has 3 nitrogen and oxygen atoms in total. The molecule has 2 heterocycles. The van der Waals surface area contributed by atoms with Crippen molar-refractivity contribution in [1.82, 2.24) is 5.32 Å². The molecule has 2 saturated heterocycles. The zero-order valence-electron chi connectivity index (χ0n) is 13.3. The van der Waals surface area contributed by atoms with E-state index in [4.69, 9.17) is 0 Å². The molecule has 2 aliphatic heterocycles. The fourth-order valence-corrected chi connectivity index (χ4v) is 7.10. The molecule has 23 heavy (non-hydrogen) atoms. The number of carbonyl (C=O) groups excluding carboxylic acids is 1. The molecule has 1 saturated carbocycles. The van der Waals surface area contributed by atoms with Crippen LogP contribution in [0, 0.1) is 11.3 Å². The van der Waals surface area contributed by atoms with Crippen molar-refractivity contribution in [3.8, 4) is 0 Å². The highest BCUT2D eigenvalue weighted by Gasteiger charge is 2.49. The summed E-state index contributed by atoms with van der Waals surface area (Å²) >= 11 is 4.01. The Labute approximate surface area is 146 Å². The summed E-state index contributed by atoms with van der Waals surface area (Å²) in [6, 6.07) is 8.46. The van der Waals surface area contributed by atoms with Crippen molar-refractivity contribution in [2.45, 2.75) is 30.3 Å². The average Bonchev–Trinajstić information content (AvgIpc) is 3.25. The quantitative estimate of drug-likeness (QED) is 0.870. The van der Waals surface area contributed by atoms with E-state index in [1.807, 2.05) is 29.6 Å². The van der Waals surface area contributed by atoms with Crippen LogP contribution in [0.5, 0.6) is 0 Å². The van der Waals surface area contributed by atoms with Gasteiger partial charge in [0.05, 0.1) is 10.00 Å². The zero-order valence-corrected chi connectivity index (χ0v) is 15.0. The Hall–Kier alpha value is -0.650. The minimum Gasteiger partial charge on any atom is -0.326 e. The van der Waals surface area contributed by atoms with Gasteiger partial charge < -0.3 is 10.6 Å². The smallest absolute Gasteiger partial charge is 0.232 e. The van der Waals surface area contributed by atoms with Gasteiger partial charge in [0.25, 0.3) is 0 Å². The Morgan fingerprint density at radius 2 is 2.13 bits per heavy atom. The van der Waals surface area contributed by atoms with Gasteiger partial charge in [0.2, 0.25) is 5.91 Å². The minimum absolute atomic E-state index is 0.175. The summed E-state index contributed by atoms with van der Waals surface area (Å²) in [6.07, 6.45) is 4.67. The third kappa shape index (κ3) is 3.03. The van der Waals surface area contributed by atoms with E-state index in [9.17, 15) is 4.79 Å². The fraction of sp³-hybridized carbons (Fsp3) is 0.611. The van der Waals surface area contributed by atoms with Crippen LogP contribution in [0.3, 0.4) is 0 Å². The second-order valence-corrected chi connectivity index (χ2v) is 9.61. The van der Waals surface area contributed by atoms with Crippen molar-refractivity contribution in [2.75, 3.05) is 29.9 Å². The second kappa shape index (κ2) is 6.69. The lowest BCUT2D eigenvalue weighted by atomic mass is 9.67. The average molecular weight is 349 g/mol. The van der Waals surface area contributed by atoms with Crippen LogP contribution >= 0.6 is 23.5 Å². The molecular weight excluding hydrogens is 324 g/mol. The van der Waals surface area contributed by atoms with E-state index in [1.54, 1.807) is 0 Å². The second-order valence-electron chi connectivity index (χ2n) is 6.88. The predicted molar refractivity (Wildman–Crippen MR) is 100.0 cm³/mol. The van der Waals surface area contributed by atoms with Gasteiger partial charge in [-0.15, -0.1) is 23.5 Å². The Balaban J connectivity index is 1.51. The molecule has 1 aromatic carbocycles. The lowest BCUT2D eigenvalue weighted by molar-refractivity contribution is -0.128. The van der Waals surface area contributed by atoms with E-state index in [1.165, 1.54) is 36.3 Å². The van der Waals surface area contributed by atoms with Crippen LogP contribution in [0.1, 0.15) is 35.8 Å². The normalized spacial score (nSPS) is 31.0. The highest BCUT2D eigenvalue weighted by molar-refractivity contribution is 8.19. The number of anilines is 1. The van der Waals surface area contributed by atoms with Crippen LogP contribution in [0.4, 0.5) is 5.69 Å². The van der Waals surface area contributed by atoms with Crippen molar-refractivity contribution in [1.29, 1.82) is 0 Å².